The lowest BCUT2D eigenvalue weighted by atomic mass is 10.1. The molecule has 1 aromatic rings. The van der Waals surface area contributed by atoms with Gasteiger partial charge in [-0.25, -0.2) is 0 Å². The summed E-state index contributed by atoms with van der Waals surface area (Å²) in [4.78, 5) is 12.8. The van der Waals surface area contributed by atoms with Crippen LogP contribution in [0.25, 0.3) is 0 Å². The fourth-order valence-corrected chi connectivity index (χ4v) is 1.82. The molecule has 1 aromatic carbocycles. The minimum atomic E-state index is 0.529. The van der Waals surface area contributed by atoms with Crippen molar-refractivity contribution in [3.05, 3.63) is 22.7 Å². The van der Waals surface area contributed by atoms with Crippen molar-refractivity contribution in [3.8, 4) is 5.75 Å². The third-order valence-corrected chi connectivity index (χ3v) is 2.48. The SMILES string of the molecule is CN1CCOc2cc(Cl)cc(C=O)c21. The van der Waals surface area contributed by atoms with E-state index in [1.807, 2.05) is 11.9 Å². The summed E-state index contributed by atoms with van der Waals surface area (Å²) in [6.45, 7) is 1.41. The maximum Gasteiger partial charge on any atom is 0.152 e. The van der Waals surface area contributed by atoms with E-state index in [2.05, 4.69) is 0 Å². The second kappa shape index (κ2) is 3.50. The van der Waals surface area contributed by atoms with Crippen LogP contribution in [0.15, 0.2) is 12.1 Å². The number of ether oxygens (including phenoxy) is 1. The van der Waals surface area contributed by atoms with Gasteiger partial charge >= 0.3 is 0 Å². The summed E-state index contributed by atoms with van der Waals surface area (Å²) < 4.78 is 5.43. The van der Waals surface area contributed by atoms with E-state index in [9.17, 15) is 4.79 Å². The Morgan fingerprint density at radius 1 is 1.57 bits per heavy atom. The molecule has 1 heterocycles. The van der Waals surface area contributed by atoms with E-state index < -0.39 is 0 Å². The van der Waals surface area contributed by atoms with E-state index in [1.54, 1.807) is 12.1 Å². The third kappa shape index (κ3) is 1.44. The molecule has 4 heteroatoms. The number of anilines is 1. The van der Waals surface area contributed by atoms with Gasteiger partial charge in [0.1, 0.15) is 12.4 Å². The van der Waals surface area contributed by atoms with Crippen LogP contribution in [0.2, 0.25) is 5.02 Å². The van der Waals surface area contributed by atoms with Gasteiger partial charge in [0.15, 0.2) is 6.29 Å². The van der Waals surface area contributed by atoms with Gasteiger partial charge in [0, 0.05) is 23.7 Å². The summed E-state index contributed by atoms with van der Waals surface area (Å²) in [5, 5.41) is 0.529. The number of rotatable bonds is 1. The van der Waals surface area contributed by atoms with Crippen molar-refractivity contribution >= 4 is 23.6 Å². The van der Waals surface area contributed by atoms with Gasteiger partial charge in [-0.2, -0.15) is 0 Å². The van der Waals surface area contributed by atoms with E-state index in [1.165, 1.54) is 0 Å². The van der Waals surface area contributed by atoms with Gasteiger partial charge < -0.3 is 9.64 Å². The Morgan fingerprint density at radius 2 is 2.36 bits per heavy atom. The van der Waals surface area contributed by atoms with Crippen LogP contribution in [0.1, 0.15) is 10.4 Å². The van der Waals surface area contributed by atoms with Crippen LogP contribution in [-0.4, -0.2) is 26.5 Å². The summed E-state index contributed by atoms with van der Waals surface area (Å²) in [5.41, 5.74) is 1.41. The summed E-state index contributed by atoms with van der Waals surface area (Å²) >= 11 is 5.85. The molecule has 0 N–H and O–H groups in total. The van der Waals surface area contributed by atoms with Crippen LogP contribution in [0, 0.1) is 0 Å². The molecule has 1 aliphatic heterocycles. The number of aldehydes is 1. The molecule has 0 unspecified atom stereocenters. The first kappa shape index (κ1) is 9.34. The fraction of sp³-hybridized carbons (Fsp3) is 0.300. The molecule has 2 rings (SSSR count). The first-order chi connectivity index (χ1) is 6.72. The molecular weight excluding hydrogens is 202 g/mol. The molecule has 74 valence electrons. The van der Waals surface area contributed by atoms with Crippen LogP contribution < -0.4 is 9.64 Å². The van der Waals surface area contributed by atoms with Crippen LogP contribution in [0.3, 0.4) is 0 Å². The number of carbonyl (C=O) groups is 1. The number of fused-ring (bicyclic) bond motifs is 1. The largest absolute Gasteiger partial charge is 0.489 e. The van der Waals surface area contributed by atoms with E-state index in [0.29, 0.717) is 22.9 Å². The first-order valence-corrected chi connectivity index (χ1v) is 4.73. The maximum atomic E-state index is 10.8. The lowest BCUT2D eigenvalue weighted by Gasteiger charge is -2.28. The molecule has 0 spiro atoms. The number of nitrogens with zero attached hydrogens (tertiary/aromatic N) is 1. The van der Waals surface area contributed by atoms with Gasteiger partial charge in [0.05, 0.1) is 12.2 Å². The molecule has 0 fully saturated rings. The molecule has 0 radical (unpaired) electrons. The highest BCUT2D eigenvalue weighted by atomic mass is 35.5. The molecule has 0 saturated heterocycles. The summed E-state index contributed by atoms with van der Waals surface area (Å²) in [7, 11) is 1.93. The van der Waals surface area contributed by atoms with Crippen molar-refractivity contribution < 1.29 is 9.53 Å². The molecule has 0 atom stereocenters. The summed E-state index contributed by atoms with van der Waals surface area (Å²) in [5.74, 6) is 0.688. The quantitative estimate of drug-likeness (QED) is 0.666. The Bertz CT molecular complexity index is 379. The summed E-state index contributed by atoms with van der Waals surface area (Å²) in [6, 6.07) is 3.39. The van der Waals surface area contributed by atoms with Gasteiger partial charge in [-0.3, -0.25) is 4.79 Å². The van der Waals surface area contributed by atoms with Crippen LogP contribution in [0.4, 0.5) is 5.69 Å². The molecule has 0 saturated carbocycles. The topological polar surface area (TPSA) is 29.5 Å². The highest BCUT2D eigenvalue weighted by Gasteiger charge is 2.19. The van der Waals surface area contributed by atoms with E-state index in [4.69, 9.17) is 16.3 Å². The van der Waals surface area contributed by atoms with Gasteiger partial charge in [-0.05, 0) is 6.07 Å². The molecule has 0 aliphatic carbocycles. The smallest absolute Gasteiger partial charge is 0.152 e. The van der Waals surface area contributed by atoms with Crippen LogP contribution in [0.5, 0.6) is 5.75 Å². The highest BCUT2D eigenvalue weighted by molar-refractivity contribution is 6.31. The van der Waals surface area contributed by atoms with Crippen LogP contribution in [-0.2, 0) is 0 Å². The average Bonchev–Trinajstić information content (AvgIpc) is 2.16. The second-order valence-electron chi connectivity index (χ2n) is 3.23. The number of carbonyl (C=O) groups excluding carboxylic acids is 1. The normalized spacial score (nSPS) is 14.6. The van der Waals surface area contributed by atoms with E-state index in [0.717, 1.165) is 18.5 Å². The van der Waals surface area contributed by atoms with Crippen molar-refractivity contribution in [1.29, 1.82) is 0 Å². The van der Waals surface area contributed by atoms with Crippen molar-refractivity contribution in [2.75, 3.05) is 25.1 Å². The molecule has 0 bridgehead atoms. The van der Waals surface area contributed by atoms with Gasteiger partial charge in [-0.15, -0.1) is 0 Å². The van der Waals surface area contributed by atoms with E-state index in [-0.39, 0.29) is 0 Å². The zero-order valence-corrected chi connectivity index (χ0v) is 8.54. The fourth-order valence-electron chi connectivity index (χ4n) is 1.61. The Balaban J connectivity index is 2.61. The van der Waals surface area contributed by atoms with Gasteiger partial charge in [0.2, 0.25) is 0 Å². The zero-order valence-electron chi connectivity index (χ0n) is 7.79. The lowest BCUT2D eigenvalue weighted by Crippen LogP contribution is -2.29. The van der Waals surface area contributed by atoms with Crippen molar-refractivity contribution in [3.63, 3.8) is 0 Å². The van der Waals surface area contributed by atoms with Crippen molar-refractivity contribution in [2.24, 2.45) is 0 Å². The van der Waals surface area contributed by atoms with Crippen molar-refractivity contribution in [1.82, 2.24) is 0 Å². The highest BCUT2D eigenvalue weighted by Crippen LogP contribution is 2.36. The Hall–Kier alpha value is -1.22. The number of benzene rings is 1. The Kier molecular flexibility index (Phi) is 2.33. The molecule has 3 nitrogen and oxygen atoms in total. The number of hydrogen-bond acceptors (Lipinski definition) is 3. The minimum Gasteiger partial charge on any atom is -0.489 e. The van der Waals surface area contributed by atoms with E-state index >= 15 is 0 Å². The molecule has 14 heavy (non-hydrogen) atoms. The van der Waals surface area contributed by atoms with Crippen molar-refractivity contribution in [2.45, 2.75) is 0 Å². The molecular formula is C10H10ClNO2. The average molecular weight is 212 g/mol. The number of likely N-dealkylation sites (N-methyl/N-ethyl adjacent to an activating group) is 1. The first-order valence-electron chi connectivity index (χ1n) is 4.35. The predicted molar refractivity (Wildman–Crippen MR) is 55.6 cm³/mol. The second-order valence-corrected chi connectivity index (χ2v) is 3.67. The molecule has 0 aromatic heterocycles. The monoisotopic (exact) mass is 211 g/mol. The minimum absolute atomic E-state index is 0.529. The number of halogens is 1. The third-order valence-electron chi connectivity index (χ3n) is 2.26. The van der Waals surface area contributed by atoms with Gasteiger partial charge in [-0.1, -0.05) is 11.6 Å². The van der Waals surface area contributed by atoms with Gasteiger partial charge in [0.25, 0.3) is 0 Å². The Labute approximate surface area is 87.2 Å². The molecule has 1 aliphatic rings. The zero-order chi connectivity index (χ0) is 10.1. The Morgan fingerprint density at radius 3 is 3.07 bits per heavy atom. The number of hydrogen-bond donors (Lipinski definition) is 0. The lowest BCUT2D eigenvalue weighted by molar-refractivity contribution is 0.112. The van der Waals surface area contributed by atoms with Crippen LogP contribution >= 0.6 is 11.6 Å². The maximum absolute atomic E-state index is 10.8. The summed E-state index contributed by atoms with van der Waals surface area (Å²) in [6.07, 6.45) is 0.801. The standard InChI is InChI=1S/C10H10ClNO2/c1-12-2-3-14-9-5-8(11)4-7(6-13)10(9)12/h4-6H,2-3H2,1H3. The molecule has 0 amide bonds. The predicted octanol–water partition coefficient (Wildman–Crippen LogP) is 1.98.